The molecule has 0 N–H and O–H groups in total. The summed E-state index contributed by atoms with van der Waals surface area (Å²) in [7, 11) is 0. The Morgan fingerprint density at radius 3 is 2.41 bits per heavy atom. The highest BCUT2D eigenvalue weighted by atomic mass is 16.6. The van der Waals surface area contributed by atoms with Gasteiger partial charge in [0.05, 0.1) is 24.2 Å². The van der Waals surface area contributed by atoms with Crippen molar-refractivity contribution in [3.05, 3.63) is 0 Å². The van der Waals surface area contributed by atoms with Crippen LogP contribution >= 0.6 is 0 Å². The molecule has 3 heteroatoms. The molecule has 11 unspecified atom stereocenters. The molecule has 180 valence electrons. The monoisotopic (exact) mass is 442 g/mol. The zero-order chi connectivity index (χ0) is 22.5. The standard InChI is InChI=1S/C29H46O3/c1-18-11-15-29(17-31-18)28(5,19(2)30)25-24(32-29)16-23-21-10-9-20-8-6-7-13-26(20,3)22(21)12-14-27(23,25)4/h18,20-25H,6-17H2,1-5H3. The molecule has 4 aliphatic carbocycles. The van der Waals surface area contributed by atoms with E-state index in [1.165, 1.54) is 57.8 Å². The van der Waals surface area contributed by atoms with Crippen LogP contribution < -0.4 is 0 Å². The van der Waals surface area contributed by atoms with Crippen molar-refractivity contribution >= 4 is 5.78 Å². The average molecular weight is 443 g/mol. The number of rotatable bonds is 1. The van der Waals surface area contributed by atoms with Gasteiger partial charge in [-0.05, 0) is 113 Å². The predicted molar refractivity (Wildman–Crippen MR) is 126 cm³/mol. The third kappa shape index (κ3) is 2.59. The number of carbonyl (C=O) groups excluding carboxylic acids is 1. The fourth-order valence-electron chi connectivity index (χ4n) is 11.0. The lowest BCUT2D eigenvalue weighted by molar-refractivity contribution is -0.191. The maximum absolute atomic E-state index is 13.5. The Kier molecular flexibility index (Phi) is 4.87. The SMILES string of the molecule is CC(=O)C1(C)C2C(CC3C4CCC5CCCCC5(C)C4CCC32C)OC12CCC(C)OC2. The number of ether oxygens (including phenoxy) is 2. The number of carbonyl (C=O) groups is 1. The van der Waals surface area contributed by atoms with Crippen LogP contribution in [0.15, 0.2) is 0 Å². The lowest BCUT2D eigenvalue weighted by atomic mass is 9.43. The van der Waals surface area contributed by atoms with E-state index in [1.54, 1.807) is 0 Å². The summed E-state index contributed by atoms with van der Waals surface area (Å²) in [6, 6.07) is 0. The molecular weight excluding hydrogens is 396 g/mol. The van der Waals surface area contributed by atoms with Gasteiger partial charge in [-0.25, -0.2) is 0 Å². The van der Waals surface area contributed by atoms with Gasteiger partial charge in [0.25, 0.3) is 0 Å². The fraction of sp³-hybridized carbons (Fsp3) is 0.966. The summed E-state index contributed by atoms with van der Waals surface area (Å²) in [5.74, 6) is 4.14. The lowest BCUT2D eigenvalue weighted by Gasteiger charge is -2.61. The number of hydrogen-bond acceptors (Lipinski definition) is 3. The largest absolute Gasteiger partial charge is 0.375 e. The Hall–Kier alpha value is -0.410. The van der Waals surface area contributed by atoms with Gasteiger partial charge in [0.15, 0.2) is 0 Å². The van der Waals surface area contributed by atoms with Crippen molar-refractivity contribution in [2.45, 2.75) is 123 Å². The van der Waals surface area contributed by atoms with Crippen LogP contribution in [0.3, 0.4) is 0 Å². The van der Waals surface area contributed by atoms with E-state index < -0.39 is 11.0 Å². The third-order valence-electron chi connectivity index (χ3n) is 12.8. The van der Waals surface area contributed by atoms with Crippen molar-refractivity contribution in [3.8, 4) is 0 Å². The predicted octanol–water partition coefficient (Wildman–Crippen LogP) is 6.58. The van der Waals surface area contributed by atoms with Gasteiger partial charge in [-0.2, -0.15) is 0 Å². The lowest BCUT2D eigenvalue weighted by Crippen LogP contribution is -2.60. The third-order valence-corrected chi connectivity index (χ3v) is 12.8. The van der Waals surface area contributed by atoms with Gasteiger partial charge in [-0.15, -0.1) is 0 Å². The molecule has 6 rings (SSSR count). The molecule has 0 amide bonds. The second-order valence-electron chi connectivity index (χ2n) is 13.7. The minimum Gasteiger partial charge on any atom is -0.375 e. The summed E-state index contributed by atoms with van der Waals surface area (Å²) in [6.45, 7) is 12.1. The quantitative estimate of drug-likeness (QED) is 0.460. The first-order valence-electron chi connectivity index (χ1n) is 14.0. The molecule has 0 aromatic rings. The zero-order valence-corrected chi connectivity index (χ0v) is 21.3. The molecule has 0 aromatic carbocycles. The molecule has 0 aromatic heterocycles. The van der Waals surface area contributed by atoms with Crippen molar-refractivity contribution in [1.29, 1.82) is 0 Å². The average Bonchev–Trinajstić information content (AvgIpc) is 3.19. The van der Waals surface area contributed by atoms with Gasteiger partial charge >= 0.3 is 0 Å². The molecule has 4 saturated carbocycles. The normalized spacial score (nSPS) is 59.2. The highest BCUT2D eigenvalue weighted by molar-refractivity contribution is 5.84. The van der Waals surface area contributed by atoms with Gasteiger partial charge in [-0.1, -0.05) is 26.7 Å². The van der Waals surface area contributed by atoms with Crippen molar-refractivity contribution in [2.24, 2.45) is 45.8 Å². The number of Topliss-reactive ketones (excluding diaryl/α,β-unsaturated/α-hetero) is 1. The first kappa shape index (κ1) is 22.1. The van der Waals surface area contributed by atoms with Crippen LogP contribution in [0.1, 0.15) is 105 Å². The van der Waals surface area contributed by atoms with E-state index in [2.05, 4.69) is 27.7 Å². The van der Waals surface area contributed by atoms with E-state index in [0.29, 0.717) is 23.7 Å². The molecule has 0 radical (unpaired) electrons. The Bertz CT molecular complexity index is 783. The van der Waals surface area contributed by atoms with Gasteiger partial charge in [-0.3, -0.25) is 4.79 Å². The number of hydrogen-bond donors (Lipinski definition) is 0. The van der Waals surface area contributed by atoms with Crippen LogP contribution in [0.2, 0.25) is 0 Å². The van der Waals surface area contributed by atoms with E-state index in [-0.39, 0.29) is 17.6 Å². The van der Waals surface area contributed by atoms with Gasteiger partial charge in [0.1, 0.15) is 11.4 Å². The van der Waals surface area contributed by atoms with Crippen LogP contribution in [0, 0.1) is 45.8 Å². The molecule has 2 aliphatic heterocycles. The molecular formula is C29H46O3. The summed E-state index contributed by atoms with van der Waals surface area (Å²) in [5.41, 5.74) is -0.0191. The second-order valence-corrected chi connectivity index (χ2v) is 13.7. The van der Waals surface area contributed by atoms with Crippen molar-refractivity contribution in [1.82, 2.24) is 0 Å². The minimum atomic E-state index is -0.417. The van der Waals surface area contributed by atoms with E-state index in [9.17, 15) is 4.79 Å². The van der Waals surface area contributed by atoms with Gasteiger partial charge in [0, 0.05) is 5.92 Å². The Labute approximate surface area is 195 Å². The van der Waals surface area contributed by atoms with Crippen LogP contribution in [-0.2, 0) is 14.3 Å². The first-order valence-corrected chi connectivity index (χ1v) is 14.0. The zero-order valence-electron chi connectivity index (χ0n) is 21.3. The summed E-state index contributed by atoms with van der Waals surface area (Å²) < 4.78 is 13.2. The molecule has 2 heterocycles. The fourth-order valence-corrected chi connectivity index (χ4v) is 11.0. The topological polar surface area (TPSA) is 35.5 Å². The van der Waals surface area contributed by atoms with Crippen LogP contribution in [0.4, 0.5) is 0 Å². The maximum Gasteiger partial charge on any atom is 0.139 e. The van der Waals surface area contributed by atoms with E-state index >= 15 is 0 Å². The van der Waals surface area contributed by atoms with Crippen molar-refractivity contribution < 1.29 is 14.3 Å². The summed E-state index contributed by atoms with van der Waals surface area (Å²) in [6.07, 6.45) is 15.1. The van der Waals surface area contributed by atoms with E-state index in [4.69, 9.17) is 9.47 Å². The Morgan fingerprint density at radius 2 is 1.69 bits per heavy atom. The van der Waals surface area contributed by atoms with E-state index in [0.717, 1.165) is 36.5 Å². The van der Waals surface area contributed by atoms with E-state index in [1.807, 2.05) is 6.92 Å². The highest BCUT2D eigenvalue weighted by Crippen LogP contribution is 2.73. The minimum absolute atomic E-state index is 0.233. The van der Waals surface area contributed by atoms with Gasteiger partial charge < -0.3 is 9.47 Å². The summed E-state index contributed by atoms with van der Waals surface area (Å²) in [5, 5.41) is 0. The van der Waals surface area contributed by atoms with Crippen LogP contribution in [-0.4, -0.2) is 30.2 Å². The van der Waals surface area contributed by atoms with Crippen molar-refractivity contribution in [3.63, 3.8) is 0 Å². The molecule has 3 nitrogen and oxygen atoms in total. The first-order chi connectivity index (χ1) is 15.2. The highest BCUT2D eigenvalue weighted by Gasteiger charge is 2.75. The molecule has 2 saturated heterocycles. The summed E-state index contributed by atoms with van der Waals surface area (Å²) in [4.78, 5) is 13.5. The number of ketones is 1. The molecule has 6 aliphatic rings. The van der Waals surface area contributed by atoms with Crippen molar-refractivity contribution in [2.75, 3.05) is 6.61 Å². The van der Waals surface area contributed by atoms with Gasteiger partial charge in [0.2, 0.25) is 0 Å². The van der Waals surface area contributed by atoms with Crippen LogP contribution in [0.5, 0.6) is 0 Å². The summed E-state index contributed by atoms with van der Waals surface area (Å²) >= 11 is 0. The number of fused-ring (bicyclic) bond motifs is 7. The smallest absolute Gasteiger partial charge is 0.139 e. The van der Waals surface area contributed by atoms with Crippen LogP contribution in [0.25, 0.3) is 0 Å². The molecule has 11 atom stereocenters. The molecule has 6 fully saturated rings. The second kappa shape index (κ2) is 7.06. The molecule has 0 bridgehead atoms. The molecule has 1 spiro atoms. The molecule has 32 heavy (non-hydrogen) atoms. The Balaban J connectivity index is 1.35. The maximum atomic E-state index is 13.5. The Morgan fingerprint density at radius 1 is 0.875 bits per heavy atom.